The lowest BCUT2D eigenvalue weighted by molar-refractivity contribution is -0.0793. The molecular weight excluding hydrogens is 248 g/mol. The highest BCUT2D eigenvalue weighted by Crippen LogP contribution is 2.63. The van der Waals surface area contributed by atoms with E-state index < -0.39 is 0 Å². The predicted molar refractivity (Wildman–Crippen MR) is 78.1 cm³/mol. The summed E-state index contributed by atoms with van der Waals surface area (Å²) >= 11 is 0. The molecule has 1 aromatic rings. The molecule has 1 unspecified atom stereocenters. The van der Waals surface area contributed by atoms with Gasteiger partial charge in [-0.3, -0.25) is 0 Å². The van der Waals surface area contributed by atoms with E-state index in [0.29, 0.717) is 18.0 Å². The van der Waals surface area contributed by atoms with E-state index in [1.54, 1.807) is 0 Å². The second kappa shape index (κ2) is 4.55. The molecule has 0 saturated heterocycles. The van der Waals surface area contributed by atoms with Crippen LogP contribution in [0.5, 0.6) is 0 Å². The molecule has 20 heavy (non-hydrogen) atoms. The normalized spacial score (nSPS) is 40.2. The van der Waals surface area contributed by atoms with Crippen LogP contribution in [-0.2, 0) is 6.42 Å². The van der Waals surface area contributed by atoms with Crippen LogP contribution in [0.1, 0.15) is 57.3 Å². The third kappa shape index (κ3) is 1.84. The molecule has 0 aromatic carbocycles. The summed E-state index contributed by atoms with van der Waals surface area (Å²) in [6.45, 7) is 3.06. The van der Waals surface area contributed by atoms with E-state index >= 15 is 0 Å². The second-order valence-corrected chi connectivity index (χ2v) is 7.65. The molecule has 110 valence electrons. The van der Waals surface area contributed by atoms with E-state index in [1.807, 2.05) is 6.33 Å². The van der Waals surface area contributed by atoms with E-state index in [0.717, 1.165) is 30.0 Å². The third-order valence-corrected chi connectivity index (χ3v) is 6.40. The van der Waals surface area contributed by atoms with Gasteiger partial charge in [-0.2, -0.15) is 0 Å². The summed E-state index contributed by atoms with van der Waals surface area (Å²) in [5.74, 6) is 4.07. The van der Waals surface area contributed by atoms with E-state index in [4.69, 9.17) is 5.73 Å². The Morgan fingerprint density at radius 2 is 1.85 bits per heavy atom. The summed E-state index contributed by atoms with van der Waals surface area (Å²) in [4.78, 5) is 0. The van der Waals surface area contributed by atoms with Crippen LogP contribution < -0.4 is 5.73 Å². The lowest BCUT2D eigenvalue weighted by Gasteiger charge is -2.59. The van der Waals surface area contributed by atoms with Gasteiger partial charge < -0.3 is 10.3 Å². The molecule has 2 N–H and O–H groups in total. The van der Waals surface area contributed by atoms with Crippen molar-refractivity contribution in [3.8, 4) is 0 Å². The van der Waals surface area contributed by atoms with Crippen molar-refractivity contribution in [1.29, 1.82) is 0 Å². The van der Waals surface area contributed by atoms with Crippen molar-refractivity contribution in [2.75, 3.05) is 6.54 Å². The van der Waals surface area contributed by atoms with E-state index in [2.05, 4.69) is 21.7 Å². The number of nitrogens with zero attached hydrogens (tertiary/aromatic N) is 3. The Bertz CT molecular complexity index is 457. The van der Waals surface area contributed by atoms with Crippen molar-refractivity contribution in [1.82, 2.24) is 14.8 Å². The number of hydrogen-bond acceptors (Lipinski definition) is 3. The average molecular weight is 274 g/mol. The molecular formula is C16H26N4. The zero-order valence-corrected chi connectivity index (χ0v) is 12.5. The summed E-state index contributed by atoms with van der Waals surface area (Å²) in [5.41, 5.74) is 6.23. The van der Waals surface area contributed by atoms with E-state index in [1.165, 1.54) is 38.5 Å². The fraction of sp³-hybridized carbons (Fsp3) is 0.875. The van der Waals surface area contributed by atoms with Gasteiger partial charge in [0.25, 0.3) is 0 Å². The number of rotatable bonds is 4. The first kappa shape index (κ1) is 12.8. The van der Waals surface area contributed by atoms with Gasteiger partial charge in [0.2, 0.25) is 0 Å². The van der Waals surface area contributed by atoms with Crippen LogP contribution in [0.15, 0.2) is 6.33 Å². The van der Waals surface area contributed by atoms with Crippen LogP contribution in [0.25, 0.3) is 0 Å². The van der Waals surface area contributed by atoms with Crippen molar-refractivity contribution in [2.45, 2.75) is 57.9 Å². The number of hydrogen-bond donors (Lipinski definition) is 1. The maximum absolute atomic E-state index is 5.71. The molecule has 4 heteroatoms. The fourth-order valence-corrected chi connectivity index (χ4v) is 5.88. The molecule has 5 rings (SSSR count). The highest BCUT2D eigenvalue weighted by Gasteiger charge is 2.53. The SMILES string of the molecule is CC(n1cnnc1CCN)C12CC3CC(CC(C3)C1)C2. The summed E-state index contributed by atoms with van der Waals surface area (Å²) in [6.07, 6.45) is 11.6. The highest BCUT2D eigenvalue weighted by molar-refractivity contribution is 5.06. The predicted octanol–water partition coefficient (Wildman–Crippen LogP) is 2.56. The molecule has 4 aliphatic rings. The number of aromatic nitrogens is 3. The second-order valence-electron chi connectivity index (χ2n) is 7.65. The monoisotopic (exact) mass is 274 g/mol. The molecule has 0 aliphatic heterocycles. The lowest BCUT2D eigenvalue weighted by Crippen LogP contribution is -2.49. The van der Waals surface area contributed by atoms with Crippen molar-refractivity contribution < 1.29 is 0 Å². The van der Waals surface area contributed by atoms with Gasteiger partial charge in [-0.05, 0) is 75.2 Å². The molecule has 4 aliphatic carbocycles. The zero-order valence-electron chi connectivity index (χ0n) is 12.5. The fourth-order valence-electron chi connectivity index (χ4n) is 5.88. The first-order valence-electron chi connectivity index (χ1n) is 8.28. The zero-order chi connectivity index (χ0) is 13.7. The quantitative estimate of drug-likeness (QED) is 0.918. The largest absolute Gasteiger partial charge is 0.330 e. The minimum Gasteiger partial charge on any atom is -0.330 e. The maximum Gasteiger partial charge on any atom is 0.134 e. The van der Waals surface area contributed by atoms with Gasteiger partial charge in [-0.1, -0.05) is 0 Å². The van der Waals surface area contributed by atoms with E-state index in [9.17, 15) is 0 Å². The Hall–Kier alpha value is -0.900. The molecule has 4 saturated carbocycles. The van der Waals surface area contributed by atoms with Crippen LogP contribution in [-0.4, -0.2) is 21.3 Å². The van der Waals surface area contributed by atoms with Crippen molar-refractivity contribution in [3.05, 3.63) is 12.2 Å². The van der Waals surface area contributed by atoms with Gasteiger partial charge in [0, 0.05) is 12.5 Å². The molecule has 0 radical (unpaired) electrons. The van der Waals surface area contributed by atoms with Crippen LogP contribution in [0, 0.1) is 23.2 Å². The maximum atomic E-state index is 5.71. The van der Waals surface area contributed by atoms with Gasteiger partial charge in [-0.25, -0.2) is 0 Å². The summed E-state index contributed by atoms with van der Waals surface area (Å²) in [5, 5.41) is 8.43. The average Bonchev–Trinajstić information content (AvgIpc) is 2.85. The van der Waals surface area contributed by atoms with Crippen molar-refractivity contribution in [3.63, 3.8) is 0 Å². The van der Waals surface area contributed by atoms with E-state index in [-0.39, 0.29) is 0 Å². The van der Waals surface area contributed by atoms with Gasteiger partial charge >= 0.3 is 0 Å². The van der Waals surface area contributed by atoms with Gasteiger partial charge in [0.1, 0.15) is 12.2 Å². The standard InChI is InChI=1S/C16H26N4/c1-11(20-10-18-19-15(20)2-3-17)16-7-12-4-13(8-16)6-14(5-12)9-16/h10-14H,2-9,17H2,1H3. The van der Waals surface area contributed by atoms with Crippen molar-refractivity contribution >= 4 is 0 Å². The first-order chi connectivity index (χ1) is 9.70. The number of nitrogens with two attached hydrogens (primary N) is 1. The lowest BCUT2D eigenvalue weighted by atomic mass is 9.48. The van der Waals surface area contributed by atoms with Crippen LogP contribution in [0.4, 0.5) is 0 Å². The Balaban J connectivity index is 1.64. The smallest absolute Gasteiger partial charge is 0.134 e. The molecule has 0 spiro atoms. The Kier molecular flexibility index (Phi) is 2.92. The summed E-state index contributed by atoms with van der Waals surface area (Å²) in [6, 6.07) is 0.535. The molecule has 4 nitrogen and oxygen atoms in total. The molecule has 4 bridgehead atoms. The Labute approximate surface area is 121 Å². The molecule has 1 atom stereocenters. The third-order valence-electron chi connectivity index (χ3n) is 6.40. The van der Waals surface area contributed by atoms with Crippen LogP contribution in [0.3, 0.4) is 0 Å². The summed E-state index contributed by atoms with van der Waals surface area (Å²) in [7, 11) is 0. The van der Waals surface area contributed by atoms with Crippen LogP contribution in [0.2, 0.25) is 0 Å². The van der Waals surface area contributed by atoms with Gasteiger partial charge in [0.15, 0.2) is 0 Å². The van der Waals surface area contributed by atoms with Crippen molar-refractivity contribution in [2.24, 2.45) is 28.9 Å². The minimum atomic E-state index is 0.514. The van der Waals surface area contributed by atoms with Crippen LogP contribution >= 0.6 is 0 Å². The molecule has 0 amide bonds. The topological polar surface area (TPSA) is 56.7 Å². The first-order valence-corrected chi connectivity index (χ1v) is 8.28. The summed E-state index contributed by atoms with van der Waals surface area (Å²) < 4.78 is 2.33. The molecule has 1 aromatic heterocycles. The molecule has 4 fully saturated rings. The Morgan fingerprint density at radius 1 is 1.25 bits per heavy atom. The highest BCUT2D eigenvalue weighted by atomic mass is 15.3. The van der Waals surface area contributed by atoms with Gasteiger partial charge in [-0.15, -0.1) is 10.2 Å². The minimum absolute atomic E-state index is 0.514. The Morgan fingerprint density at radius 3 is 2.40 bits per heavy atom. The molecule has 1 heterocycles. The van der Waals surface area contributed by atoms with Gasteiger partial charge in [0.05, 0.1) is 0 Å².